The van der Waals surface area contributed by atoms with Crippen molar-refractivity contribution >= 4 is 23.4 Å². The number of rotatable bonds is 6. The van der Waals surface area contributed by atoms with Gasteiger partial charge in [-0.2, -0.15) is 0 Å². The molecule has 1 heterocycles. The van der Waals surface area contributed by atoms with Gasteiger partial charge >= 0.3 is 0 Å². The summed E-state index contributed by atoms with van der Waals surface area (Å²) in [6, 6.07) is 4.06. The molecule has 5 rings (SSSR count). The lowest BCUT2D eigenvalue weighted by Crippen LogP contribution is -2.61. The Kier molecular flexibility index (Phi) is 5.94. The molecule has 9 heteroatoms. The Morgan fingerprint density at radius 1 is 1.24 bits per heavy atom. The Morgan fingerprint density at radius 3 is 2.62 bits per heavy atom. The van der Waals surface area contributed by atoms with Gasteiger partial charge in [0.15, 0.2) is 12.8 Å². The van der Waals surface area contributed by atoms with Gasteiger partial charge in [0.1, 0.15) is 11.6 Å². The van der Waals surface area contributed by atoms with E-state index < -0.39 is 12.0 Å². The van der Waals surface area contributed by atoms with Crippen molar-refractivity contribution in [3.8, 4) is 5.75 Å². The fourth-order valence-electron chi connectivity index (χ4n) is 4.36. The maximum Gasteiger partial charge on any atom is 0.264 e. The minimum Gasteiger partial charge on any atom is -0.484 e. The highest BCUT2D eigenvalue weighted by Crippen LogP contribution is 2.45. The quantitative estimate of drug-likeness (QED) is 0.644. The van der Waals surface area contributed by atoms with Crippen LogP contribution in [0.25, 0.3) is 0 Å². The molecule has 3 N–H and O–H groups in total. The molecule has 4 aliphatic rings. The van der Waals surface area contributed by atoms with Gasteiger partial charge in [-0.05, 0) is 50.2 Å². The standard InChI is InChI=1S/C20H25ClFN3O4/c1-10-8-23-20(29-10)19(27)25-17-7-16(11-4-12(17)5-11)24-18(26)9-28-13-2-3-14(21)15(22)6-13/h2-3,6,10-12,16-17,20,23H,4-5,7-9H2,1H3,(H,24,26)(H,25,27). The van der Waals surface area contributed by atoms with Gasteiger partial charge in [0.05, 0.1) is 11.1 Å². The number of hydrogen-bond donors (Lipinski definition) is 3. The summed E-state index contributed by atoms with van der Waals surface area (Å²) in [6.45, 7) is 2.37. The highest BCUT2D eigenvalue weighted by molar-refractivity contribution is 6.30. The van der Waals surface area contributed by atoms with Crippen molar-refractivity contribution in [3.63, 3.8) is 0 Å². The molecule has 4 unspecified atom stereocenters. The average Bonchev–Trinajstić information content (AvgIpc) is 3.08. The van der Waals surface area contributed by atoms with Crippen molar-refractivity contribution in [2.75, 3.05) is 13.2 Å². The van der Waals surface area contributed by atoms with E-state index in [-0.39, 0.29) is 47.4 Å². The molecule has 3 saturated carbocycles. The molecule has 4 atom stereocenters. The molecule has 1 saturated heterocycles. The van der Waals surface area contributed by atoms with Gasteiger partial charge in [-0.15, -0.1) is 0 Å². The Bertz CT molecular complexity index is 789. The number of fused-ring (bicyclic) bond motifs is 2. The van der Waals surface area contributed by atoms with Gasteiger partial charge in [-0.3, -0.25) is 14.9 Å². The van der Waals surface area contributed by atoms with Crippen LogP contribution in [-0.4, -0.2) is 49.4 Å². The van der Waals surface area contributed by atoms with Crippen LogP contribution in [-0.2, 0) is 14.3 Å². The van der Waals surface area contributed by atoms with Crippen molar-refractivity contribution < 1.29 is 23.5 Å². The average molecular weight is 426 g/mol. The van der Waals surface area contributed by atoms with E-state index in [0.717, 1.165) is 18.9 Å². The first kappa shape index (κ1) is 20.4. The molecular weight excluding hydrogens is 401 g/mol. The van der Waals surface area contributed by atoms with Gasteiger partial charge in [-0.1, -0.05) is 11.6 Å². The smallest absolute Gasteiger partial charge is 0.264 e. The van der Waals surface area contributed by atoms with Crippen LogP contribution in [0.4, 0.5) is 4.39 Å². The van der Waals surface area contributed by atoms with Crippen LogP contribution in [0.2, 0.25) is 5.02 Å². The van der Waals surface area contributed by atoms with Crippen LogP contribution in [0.5, 0.6) is 5.75 Å². The van der Waals surface area contributed by atoms with E-state index in [1.807, 2.05) is 6.92 Å². The summed E-state index contributed by atoms with van der Waals surface area (Å²) in [6.07, 6.45) is 2.06. The number of hydrogen-bond acceptors (Lipinski definition) is 5. The van der Waals surface area contributed by atoms with E-state index in [0.29, 0.717) is 24.8 Å². The number of carbonyl (C=O) groups excluding carboxylic acids is 2. The van der Waals surface area contributed by atoms with E-state index in [1.54, 1.807) is 0 Å². The summed E-state index contributed by atoms with van der Waals surface area (Å²) >= 11 is 5.64. The SMILES string of the molecule is CC1CNC(C(=O)NC2CC(NC(=O)COc3ccc(Cl)c(F)c3)C3CC2C3)O1. The van der Waals surface area contributed by atoms with Crippen LogP contribution in [0, 0.1) is 17.7 Å². The van der Waals surface area contributed by atoms with Gasteiger partial charge in [0.25, 0.3) is 11.8 Å². The lowest BCUT2D eigenvalue weighted by Gasteiger charge is -2.51. The number of halogens is 2. The van der Waals surface area contributed by atoms with Gasteiger partial charge < -0.3 is 20.1 Å². The van der Waals surface area contributed by atoms with E-state index in [4.69, 9.17) is 21.1 Å². The molecule has 1 aliphatic heterocycles. The molecule has 2 amide bonds. The first-order valence-electron chi connectivity index (χ1n) is 9.95. The molecule has 7 nitrogen and oxygen atoms in total. The molecule has 158 valence electrons. The van der Waals surface area contributed by atoms with Gasteiger partial charge in [0.2, 0.25) is 0 Å². The minimum absolute atomic E-state index is 0.00398. The third-order valence-electron chi connectivity index (χ3n) is 5.99. The fourth-order valence-corrected chi connectivity index (χ4v) is 4.47. The summed E-state index contributed by atoms with van der Waals surface area (Å²) in [5.41, 5.74) is 0. The van der Waals surface area contributed by atoms with Crippen molar-refractivity contribution in [3.05, 3.63) is 29.0 Å². The molecule has 0 spiro atoms. The minimum atomic E-state index is -0.607. The van der Waals surface area contributed by atoms with E-state index in [9.17, 15) is 14.0 Å². The molecule has 0 radical (unpaired) electrons. The first-order valence-corrected chi connectivity index (χ1v) is 10.3. The van der Waals surface area contributed by atoms with Crippen LogP contribution in [0.15, 0.2) is 18.2 Å². The van der Waals surface area contributed by atoms with Gasteiger partial charge in [-0.25, -0.2) is 4.39 Å². The van der Waals surface area contributed by atoms with Crippen LogP contribution in [0.1, 0.15) is 26.2 Å². The molecule has 29 heavy (non-hydrogen) atoms. The topological polar surface area (TPSA) is 88.7 Å². The highest BCUT2D eigenvalue weighted by Gasteiger charge is 2.47. The molecule has 1 aromatic carbocycles. The Hall–Kier alpha value is -1.90. The zero-order valence-corrected chi connectivity index (χ0v) is 16.9. The van der Waals surface area contributed by atoms with Crippen LogP contribution < -0.4 is 20.7 Å². The summed E-state index contributed by atoms with van der Waals surface area (Å²) in [5, 5.41) is 9.13. The second-order valence-electron chi connectivity index (χ2n) is 8.12. The molecular formula is C20H25ClFN3O4. The number of ether oxygens (including phenoxy) is 2. The molecule has 2 bridgehead atoms. The third kappa shape index (κ3) is 4.65. The van der Waals surface area contributed by atoms with E-state index in [1.165, 1.54) is 12.1 Å². The molecule has 3 aliphatic carbocycles. The van der Waals surface area contributed by atoms with E-state index >= 15 is 0 Å². The summed E-state index contributed by atoms with van der Waals surface area (Å²) in [5.74, 6) is 0.109. The fraction of sp³-hybridized carbons (Fsp3) is 0.600. The predicted molar refractivity (Wildman–Crippen MR) is 104 cm³/mol. The second kappa shape index (κ2) is 8.45. The number of nitrogens with one attached hydrogen (secondary N) is 3. The first-order chi connectivity index (χ1) is 13.9. The molecule has 0 aromatic heterocycles. The maximum atomic E-state index is 13.5. The van der Waals surface area contributed by atoms with Crippen molar-refractivity contribution in [1.82, 2.24) is 16.0 Å². The summed E-state index contributed by atoms with van der Waals surface area (Å²) in [7, 11) is 0. The third-order valence-corrected chi connectivity index (χ3v) is 6.30. The Labute approximate surface area is 173 Å². The van der Waals surface area contributed by atoms with E-state index in [2.05, 4.69) is 16.0 Å². The largest absolute Gasteiger partial charge is 0.484 e. The Balaban J connectivity index is 1.26. The predicted octanol–water partition coefficient (Wildman–Crippen LogP) is 1.59. The lowest BCUT2D eigenvalue weighted by atomic mass is 9.60. The monoisotopic (exact) mass is 425 g/mol. The number of amides is 2. The zero-order chi connectivity index (χ0) is 20.5. The summed E-state index contributed by atoms with van der Waals surface area (Å²) < 4.78 is 24.4. The molecule has 4 fully saturated rings. The lowest BCUT2D eigenvalue weighted by molar-refractivity contribution is -0.135. The Morgan fingerprint density at radius 2 is 1.97 bits per heavy atom. The number of benzene rings is 1. The number of carbonyl (C=O) groups is 2. The van der Waals surface area contributed by atoms with Crippen LogP contribution in [0.3, 0.4) is 0 Å². The highest BCUT2D eigenvalue weighted by atomic mass is 35.5. The van der Waals surface area contributed by atoms with Gasteiger partial charge in [0, 0.05) is 24.7 Å². The normalized spacial score (nSPS) is 32.9. The summed E-state index contributed by atoms with van der Waals surface area (Å²) in [4.78, 5) is 24.7. The second-order valence-corrected chi connectivity index (χ2v) is 8.52. The van der Waals surface area contributed by atoms with Crippen molar-refractivity contribution in [2.45, 2.75) is 50.6 Å². The van der Waals surface area contributed by atoms with Crippen LogP contribution >= 0.6 is 11.6 Å². The van der Waals surface area contributed by atoms with Crippen molar-refractivity contribution in [2.24, 2.45) is 11.8 Å². The molecule has 1 aromatic rings. The zero-order valence-electron chi connectivity index (χ0n) is 16.1. The maximum absolute atomic E-state index is 13.5. The van der Waals surface area contributed by atoms with Crippen molar-refractivity contribution in [1.29, 1.82) is 0 Å².